The zero-order valence-electron chi connectivity index (χ0n) is 17.7. The molecule has 30 heavy (non-hydrogen) atoms. The van der Waals surface area contributed by atoms with Crippen LogP contribution < -0.4 is 0 Å². The van der Waals surface area contributed by atoms with Gasteiger partial charge < -0.3 is 14.2 Å². The first-order valence-electron chi connectivity index (χ1n) is 11.1. The van der Waals surface area contributed by atoms with Crippen LogP contribution >= 0.6 is 0 Å². The van der Waals surface area contributed by atoms with Crippen molar-refractivity contribution in [1.82, 2.24) is 0 Å². The van der Waals surface area contributed by atoms with E-state index in [9.17, 15) is 14.4 Å². The van der Waals surface area contributed by atoms with Crippen molar-refractivity contribution in [2.24, 2.45) is 40.4 Å². The van der Waals surface area contributed by atoms with Crippen LogP contribution in [0.1, 0.15) is 46.0 Å². The van der Waals surface area contributed by atoms with Crippen molar-refractivity contribution < 1.29 is 28.6 Å². The van der Waals surface area contributed by atoms with Gasteiger partial charge in [-0.25, -0.2) is 4.79 Å². The van der Waals surface area contributed by atoms with Crippen LogP contribution in [0.25, 0.3) is 0 Å². The van der Waals surface area contributed by atoms with Crippen LogP contribution in [0.15, 0.2) is 23.3 Å². The van der Waals surface area contributed by atoms with Crippen LogP contribution in [0.2, 0.25) is 0 Å². The van der Waals surface area contributed by atoms with Crippen molar-refractivity contribution >= 4 is 17.9 Å². The predicted octanol–water partition coefficient (Wildman–Crippen LogP) is 3.60. The van der Waals surface area contributed by atoms with E-state index in [-0.39, 0.29) is 34.4 Å². The molecule has 0 radical (unpaired) electrons. The molecule has 8 atom stereocenters. The number of Topliss-reactive ketones (excluding diaryl/α,β-unsaturated/α-hetero) is 1. The Labute approximate surface area is 176 Å². The summed E-state index contributed by atoms with van der Waals surface area (Å²) < 4.78 is 16.5. The number of allylic oxidation sites excluding steroid dienone is 3. The molecule has 0 aromatic carbocycles. The minimum atomic E-state index is -0.588. The van der Waals surface area contributed by atoms with Crippen LogP contribution in [0, 0.1) is 40.4 Å². The van der Waals surface area contributed by atoms with Crippen molar-refractivity contribution in [3.63, 3.8) is 0 Å². The summed E-state index contributed by atoms with van der Waals surface area (Å²) in [5.74, 6) is 0.597. The molecular weight excluding hydrogens is 384 g/mol. The van der Waals surface area contributed by atoms with Gasteiger partial charge in [0.1, 0.15) is 12.4 Å². The van der Waals surface area contributed by atoms with Gasteiger partial charge in [0.25, 0.3) is 0 Å². The third-order valence-electron chi connectivity index (χ3n) is 9.64. The Kier molecular flexibility index (Phi) is 3.46. The van der Waals surface area contributed by atoms with Gasteiger partial charge in [-0.15, -0.1) is 0 Å². The van der Waals surface area contributed by atoms with E-state index in [1.165, 1.54) is 12.7 Å². The first-order chi connectivity index (χ1) is 14.2. The van der Waals surface area contributed by atoms with E-state index >= 15 is 0 Å². The number of ketones is 1. The lowest BCUT2D eigenvalue weighted by Gasteiger charge is -2.56. The van der Waals surface area contributed by atoms with E-state index in [2.05, 4.69) is 26.0 Å². The first-order valence-corrected chi connectivity index (χ1v) is 11.1. The number of ether oxygens (including phenoxy) is 3. The van der Waals surface area contributed by atoms with Crippen molar-refractivity contribution in [1.29, 1.82) is 0 Å². The normalized spacial score (nSPS) is 50.3. The Hall–Kier alpha value is -2.11. The van der Waals surface area contributed by atoms with Crippen LogP contribution in [0.4, 0.5) is 4.79 Å². The molecule has 4 fully saturated rings. The average Bonchev–Trinajstić information content (AvgIpc) is 3.36. The highest BCUT2D eigenvalue weighted by atomic mass is 16.8. The van der Waals surface area contributed by atoms with Crippen LogP contribution in [0.5, 0.6) is 0 Å². The van der Waals surface area contributed by atoms with Crippen molar-refractivity contribution in [3.8, 4) is 0 Å². The molecule has 6 aliphatic rings. The number of carbonyl (C=O) groups excluding carboxylic acids is 3. The van der Waals surface area contributed by atoms with Gasteiger partial charge in [-0.05, 0) is 31.1 Å². The number of fused-ring (bicyclic) bond motifs is 9. The van der Waals surface area contributed by atoms with Gasteiger partial charge in [0.2, 0.25) is 0 Å². The molecule has 0 amide bonds. The quantitative estimate of drug-likeness (QED) is 0.484. The third-order valence-corrected chi connectivity index (χ3v) is 9.64. The van der Waals surface area contributed by atoms with Crippen LogP contribution in [-0.4, -0.2) is 37.2 Å². The van der Waals surface area contributed by atoms with E-state index in [1.54, 1.807) is 0 Å². The molecule has 0 bridgehead atoms. The highest BCUT2D eigenvalue weighted by Crippen LogP contribution is 2.77. The summed E-state index contributed by atoms with van der Waals surface area (Å²) in [4.78, 5) is 37.2. The Balaban J connectivity index is 1.51. The lowest BCUT2D eigenvalue weighted by molar-refractivity contribution is -0.149. The maximum absolute atomic E-state index is 13.0. The first kappa shape index (κ1) is 18.6. The summed E-state index contributed by atoms with van der Waals surface area (Å²) in [6.07, 6.45) is 7.42. The summed E-state index contributed by atoms with van der Waals surface area (Å²) in [6.45, 7) is 4.78. The van der Waals surface area contributed by atoms with Gasteiger partial charge in [0.15, 0.2) is 5.60 Å². The molecule has 1 saturated heterocycles. The average molecular weight is 412 g/mol. The van der Waals surface area contributed by atoms with E-state index in [4.69, 9.17) is 14.2 Å². The second kappa shape index (κ2) is 5.57. The van der Waals surface area contributed by atoms with Gasteiger partial charge in [0.05, 0.1) is 13.0 Å². The molecule has 1 heterocycles. The summed E-state index contributed by atoms with van der Waals surface area (Å²) in [7, 11) is 1.44. The largest absolute Gasteiger partial charge is 0.509 e. The molecule has 6 rings (SSSR count). The molecule has 0 aromatic heterocycles. The number of hydrogen-bond donors (Lipinski definition) is 0. The molecule has 1 aliphatic heterocycles. The van der Waals surface area contributed by atoms with E-state index < -0.39 is 17.7 Å². The molecule has 2 unspecified atom stereocenters. The minimum absolute atomic E-state index is 0.0202. The number of rotatable bonds is 1. The van der Waals surface area contributed by atoms with Gasteiger partial charge in [-0.1, -0.05) is 37.1 Å². The van der Waals surface area contributed by atoms with Crippen molar-refractivity contribution in [3.05, 3.63) is 23.3 Å². The number of hydrogen-bond acceptors (Lipinski definition) is 6. The van der Waals surface area contributed by atoms with Crippen molar-refractivity contribution in [2.75, 3.05) is 13.7 Å². The van der Waals surface area contributed by atoms with Gasteiger partial charge >= 0.3 is 12.1 Å². The summed E-state index contributed by atoms with van der Waals surface area (Å²) in [5, 5.41) is 0. The molecule has 1 spiro atoms. The van der Waals surface area contributed by atoms with Crippen molar-refractivity contribution in [2.45, 2.75) is 51.6 Å². The highest BCUT2D eigenvalue weighted by Gasteiger charge is 2.80. The van der Waals surface area contributed by atoms with Gasteiger partial charge in [-0.3, -0.25) is 9.59 Å². The monoisotopic (exact) mass is 412 g/mol. The fourth-order valence-electron chi connectivity index (χ4n) is 8.09. The molecule has 0 aromatic rings. The zero-order valence-corrected chi connectivity index (χ0v) is 17.7. The molecule has 160 valence electrons. The summed E-state index contributed by atoms with van der Waals surface area (Å²) >= 11 is 0. The number of cyclic esters (lactones) is 1. The molecule has 6 nitrogen and oxygen atoms in total. The zero-order chi connectivity index (χ0) is 21.1. The molecule has 3 saturated carbocycles. The topological polar surface area (TPSA) is 78.9 Å². The lowest BCUT2D eigenvalue weighted by atomic mass is 9.48. The second-order valence-corrected chi connectivity index (χ2v) is 10.7. The standard InChI is InChI=1S/C24H28O6/c1-22-6-4-13(25)8-12(22)9-15(20(26)28-3)18-16(22)5-7-23(2)19(18)14-10-17(14)24(23)11-29-21(27)30-24/h5,9,14-15,17-19H,4,6-8,10-11H2,1-3H3/t14-,15-,17+,18?,19?,22+,23+,24+/m1/s1. The maximum Gasteiger partial charge on any atom is 0.509 e. The Bertz CT molecular complexity index is 947. The fraction of sp³-hybridized carbons (Fsp3) is 0.708. The van der Waals surface area contributed by atoms with Crippen LogP contribution in [-0.2, 0) is 23.8 Å². The maximum atomic E-state index is 13.0. The Morgan fingerprint density at radius 2 is 2.07 bits per heavy atom. The second-order valence-electron chi connectivity index (χ2n) is 10.7. The van der Waals surface area contributed by atoms with E-state index in [1.807, 2.05) is 0 Å². The fourth-order valence-corrected chi connectivity index (χ4v) is 8.09. The minimum Gasteiger partial charge on any atom is -0.469 e. The Morgan fingerprint density at radius 3 is 2.77 bits per heavy atom. The smallest absolute Gasteiger partial charge is 0.469 e. The van der Waals surface area contributed by atoms with Gasteiger partial charge in [-0.2, -0.15) is 0 Å². The molecule has 0 N–H and O–H groups in total. The summed E-state index contributed by atoms with van der Waals surface area (Å²) in [5.41, 5.74) is 1.36. The SMILES string of the molecule is COC(=O)[C@@H]1C=C2CC(=O)CC[C@]2(C)C2=CC[C@@]3(C)C(C21)[C@@H]1C[C@@H]1[C@@]31COC(=O)O1. The highest BCUT2D eigenvalue weighted by molar-refractivity contribution is 5.85. The summed E-state index contributed by atoms with van der Waals surface area (Å²) in [6, 6.07) is 0. The number of carbonyl (C=O) groups is 3. The van der Waals surface area contributed by atoms with Gasteiger partial charge in [0, 0.05) is 35.5 Å². The van der Waals surface area contributed by atoms with E-state index in [0.29, 0.717) is 31.3 Å². The number of methoxy groups -OCH3 is 1. The van der Waals surface area contributed by atoms with Crippen LogP contribution in [0.3, 0.4) is 0 Å². The predicted molar refractivity (Wildman–Crippen MR) is 105 cm³/mol. The number of esters is 1. The molecular formula is C24H28O6. The van der Waals surface area contributed by atoms with E-state index in [0.717, 1.165) is 24.8 Å². The Morgan fingerprint density at radius 1 is 1.27 bits per heavy atom. The molecule has 5 aliphatic carbocycles. The molecule has 6 heteroatoms. The lowest BCUT2D eigenvalue weighted by Crippen LogP contribution is -2.56. The third kappa shape index (κ3) is 1.98.